The molecule has 0 spiro atoms. The van der Waals surface area contributed by atoms with Gasteiger partial charge >= 0.3 is 0 Å². The van der Waals surface area contributed by atoms with Crippen LogP contribution < -0.4 is 11.3 Å². The highest BCUT2D eigenvalue weighted by Gasteiger charge is 2.17. The number of nitrogens with one attached hydrogen (secondary N) is 1. The molecule has 0 aromatic rings. The molecule has 0 aromatic carbocycles. The first-order chi connectivity index (χ1) is 9.67. The SMILES string of the molecule is C=C/C=C1\CCCC(C=C)=C1/C(=C/C=C(\C)NN)CC. The Morgan fingerprint density at radius 3 is 2.60 bits per heavy atom. The summed E-state index contributed by atoms with van der Waals surface area (Å²) in [6, 6.07) is 0. The Bertz CT molecular complexity index is 488. The zero-order chi connectivity index (χ0) is 15.0. The zero-order valence-electron chi connectivity index (χ0n) is 12.7. The molecule has 3 N–H and O–H groups in total. The Morgan fingerprint density at radius 2 is 2.05 bits per heavy atom. The van der Waals surface area contributed by atoms with E-state index in [9.17, 15) is 0 Å². The van der Waals surface area contributed by atoms with Crippen molar-refractivity contribution in [2.24, 2.45) is 5.84 Å². The minimum atomic E-state index is 0.946. The highest BCUT2D eigenvalue weighted by molar-refractivity contribution is 5.55. The molecular formula is C18H26N2. The van der Waals surface area contributed by atoms with Crippen LogP contribution in [0.15, 0.2) is 71.5 Å². The van der Waals surface area contributed by atoms with Gasteiger partial charge in [-0.05, 0) is 61.0 Å². The highest BCUT2D eigenvalue weighted by Crippen LogP contribution is 2.36. The Hall–Kier alpha value is -1.80. The maximum Gasteiger partial charge on any atom is 0.0228 e. The number of hydrogen-bond donors (Lipinski definition) is 2. The van der Waals surface area contributed by atoms with Crippen molar-refractivity contribution in [1.29, 1.82) is 0 Å². The van der Waals surface area contributed by atoms with Crippen molar-refractivity contribution in [1.82, 2.24) is 5.43 Å². The van der Waals surface area contributed by atoms with Crippen molar-refractivity contribution >= 4 is 0 Å². The Balaban J connectivity index is 3.32. The van der Waals surface area contributed by atoms with E-state index in [1.54, 1.807) is 0 Å². The molecule has 0 heterocycles. The van der Waals surface area contributed by atoms with Gasteiger partial charge in [0.1, 0.15) is 0 Å². The zero-order valence-corrected chi connectivity index (χ0v) is 12.7. The van der Waals surface area contributed by atoms with E-state index in [2.05, 4.69) is 37.7 Å². The quantitative estimate of drug-likeness (QED) is 0.424. The number of hydrogen-bond acceptors (Lipinski definition) is 2. The summed E-state index contributed by atoms with van der Waals surface area (Å²) in [6.07, 6.45) is 14.5. The number of nitrogens with two attached hydrogens (primary N) is 1. The third kappa shape index (κ3) is 4.10. The van der Waals surface area contributed by atoms with Crippen LogP contribution in [0.1, 0.15) is 39.5 Å². The molecule has 0 radical (unpaired) electrons. The first-order valence-corrected chi connectivity index (χ1v) is 7.19. The molecule has 1 rings (SSSR count). The molecule has 2 nitrogen and oxygen atoms in total. The lowest BCUT2D eigenvalue weighted by molar-refractivity contribution is 0.776. The van der Waals surface area contributed by atoms with Gasteiger partial charge in [0.2, 0.25) is 0 Å². The van der Waals surface area contributed by atoms with E-state index in [0.717, 1.165) is 25.0 Å². The summed E-state index contributed by atoms with van der Waals surface area (Å²) in [5.41, 5.74) is 8.97. The van der Waals surface area contributed by atoms with Gasteiger partial charge in [-0.15, -0.1) is 0 Å². The van der Waals surface area contributed by atoms with Gasteiger partial charge in [-0.1, -0.05) is 44.4 Å². The summed E-state index contributed by atoms with van der Waals surface area (Å²) in [5.74, 6) is 5.41. The predicted octanol–water partition coefficient (Wildman–Crippen LogP) is 4.47. The average molecular weight is 270 g/mol. The van der Waals surface area contributed by atoms with Crippen LogP contribution in [-0.2, 0) is 0 Å². The molecular weight excluding hydrogens is 244 g/mol. The van der Waals surface area contributed by atoms with Crippen LogP contribution in [0.5, 0.6) is 0 Å². The van der Waals surface area contributed by atoms with Crippen LogP contribution in [-0.4, -0.2) is 0 Å². The summed E-state index contributed by atoms with van der Waals surface area (Å²) in [7, 11) is 0. The van der Waals surface area contributed by atoms with E-state index in [1.807, 2.05) is 25.2 Å². The van der Waals surface area contributed by atoms with Crippen molar-refractivity contribution in [3.05, 3.63) is 71.5 Å². The van der Waals surface area contributed by atoms with Crippen molar-refractivity contribution < 1.29 is 0 Å². The summed E-state index contributed by atoms with van der Waals surface area (Å²) >= 11 is 0. The minimum absolute atomic E-state index is 0.946. The first kappa shape index (κ1) is 16.3. The smallest absolute Gasteiger partial charge is 0.0228 e. The van der Waals surface area contributed by atoms with Gasteiger partial charge in [0.25, 0.3) is 0 Å². The largest absolute Gasteiger partial charge is 0.329 e. The van der Waals surface area contributed by atoms with E-state index in [1.165, 1.54) is 28.7 Å². The van der Waals surface area contributed by atoms with Gasteiger partial charge < -0.3 is 5.43 Å². The van der Waals surface area contributed by atoms with Crippen LogP contribution >= 0.6 is 0 Å². The third-order valence-corrected chi connectivity index (χ3v) is 3.56. The number of rotatable bonds is 6. The molecule has 0 fully saturated rings. The van der Waals surface area contributed by atoms with Crippen LogP contribution in [0.25, 0.3) is 0 Å². The fourth-order valence-corrected chi connectivity index (χ4v) is 2.50. The standard InChI is InChI=1S/C18H26N2/c1-5-9-17-11-8-10-15(6-2)18(17)16(7-3)13-12-14(4)20-19/h5-6,9,12-13,20H,1-2,7-8,10-11,19H2,3-4H3/b14-12+,16-13+,17-9+. The van der Waals surface area contributed by atoms with Crippen LogP contribution in [0.4, 0.5) is 0 Å². The van der Waals surface area contributed by atoms with Crippen LogP contribution in [0.2, 0.25) is 0 Å². The maximum absolute atomic E-state index is 5.41. The molecule has 0 amide bonds. The maximum atomic E-state index is 5.41. The van der Waals surface area contributed by atoms with E-state index >= 15 is 0 Å². The van der Waals surface area contributed by atoms with Gasteiger partial charge in [0, 0.05) is 5.70 Å². The van der Waals surface area contributed by atoms with Crippen molar-refractivity contribution in [3.63, 3.8) is 0 Å². The van der Waals surface area contributed by atoms with E-state index in [4.69, 9.17) is 5.84 Å². The molecule has 0 unspecified atom stereocenters. The van der Waals surface area contributed by atoms with E-state index < -0.39 is 0 Å². The summed E-state index contributed by atoms with van der Waals surface area (Å²) in [4.78, 5) is 0. The van der Waals surface area contributed by atoms with Gasteiger partial charge in [-0.2, -0.15) is 0 Å². The Kier molecular flexibility index (Phi) is 6.82. The monoisotopic (exact) mass is 270 g/mol. The average Bonchev–Trinajstić information content (AvgIpc) is 2.48. The van der Waals surface area contributed by atoms with Crippen LogP contribution in [0, 0.1) is 0 Å². The highest BCUT2D eigenvalue weighted by atomic mass is 15.2. The molecule has 0 bridgehead atoms. The Labute approximate surface area is 123 Å². The normalized spacial score (nSPS) is 19.2. The molecule has 2 heteroatoms. The van der Waals surface area contributed by atoms with Gasteiger partial charge in [-0.25, -0.2) is 0 Å². The van der Waals surface area contributed by atoms with E-state index in [-0.39, 0.29) is 0 Å². The van der Waals surface area contributed by atoms with Gasteiger partial charge in [-0.3, -0.25) is 5.84 Å². The van der Waals surface area contributed by atoms with Crippen molar-refractivity contribution in [2.75, 3.05) is 0 Å². The summed E-state index contributed by atoms with van der Waals surface area (Å²) in [5, 5.41) is 0. The molecule has 0 aliphatic heterocycles. The molecule has 0 saturated carbocycles. The van der Waals surface area contributed by atoms with Gasteiger partial charge in [0.15, 0.2) is 0 Å². The fraction of sp³-hybridized carbons (Fsp3) is 0.333. The minimum Gasteiger partial charge on any atom is -0.329 e. The first-order valence-electron chi connectivity index (χ1n) is 7.19. The summed E-state index contributed by atoms with van der Waals surface area (Å²) in [6.45, 7) is 11.9. The second-order valence-corrected chi connectivity index (χ2v) is 4.92. The second-order valence-electron chi connectivity index (χ2n) is 4.92. The predicted molar refractivity (Wildman–Crippen MR) is 88.8 cm³/mol. The van der Waals surface area contributed by atoms with Gasteiger partial charge in [0.05, 0.1) is 0 Å². The molecule has 0 aromatic heterocycles. The fourth-order valence-electron chi connectivity index (χ4n) is 2.50. The molecule has 1 aliphatic rings. The second kappa shape index (κ2) is 8.39. The van der Waals surface area contributed by atoms with Crippen LogP contribution in [0.3, 0.4) is 0 Å². The lowest BCUT2D eigenvalue weighted by atomic mass is 9.82. The number of allylic oxidation sites excluding steroid dienone is 10. The third-order valence-electron chi connectivity index (χ3n) is 3.56. The molecule has 0 atom stereocenters. The molecule has 0 saturated heterocycles. The molecule has 108 valence electrons. The lowest BCUT2D eigenvalue weighted by Crippen LogP contribution is -2.18. The molecule has 1 aliphatic carbocycles. The molecule has 20 heavy (non-hydrogen) atoms. The Morgan fingerprint density at radius 1 is 1.30 bits per heavy atom. The van der Waals surface area contributed by atoms with E-state index in [0.29, 0.717) is 0 Å². The topological polar surface area (TPSA) is 38.0 Å². The van der Waals surface area contributed by atoms with Crippen molar-refractivity contribution in [3.8, 4) is 0 Å². The summed E-state index contributed by atoms with van der Waals surface area (Å²) < 4.78 is 0. The lowest BCUT2D eigenvalue weighted by Gasteiger charge is -2.23. The van der Waals surface area contributed by atoms with Crippen molar-refractivity contribution in [2.45, 2.75) is 39.5 Å². The number of hydrazine groups is 1.